The molecule has 0 aliphatic heterocycles. The Morgan fingerprint density at radius 3 is 2.22 bits per heavy atom. The van der Waals surface area contributed by atoms with E-state index in [1.165, 1.54) is 0 Å². The molecule has 0 spiro atoms. The Morgan fingerprint density at radius 1 is 1.09 bits per heavy atom. The molecule has 32 heavy (non-hydrogen) atoms. The van der Waals surface area contributed by atoms with Crippen LogP contribution in [0.5, 0.6) is 0 Å². The lowest BCUT2D eigenvalue weighted by atomic mass is 9.98. The molecule has 2 aromatic carbocycles. The summed E-state index contributed by atoms with van der Waals surface area (Å²) in [5, 5.41) is 16.6. The van der Waals surface area contributed by atoms with E-state index >= 15 is 0 Å². The second kappa shape index (κ2) is 8.86. The Labute approximate surface area is 187 Å². The van der Waals surface area contributed by atoms with Crippen LogP contribution in [0.2, 0.25) is 0 Å². The van der Waals surface area contributed by atoms with E-state index in [-0.39, 0.29) is 19.1 Å². The average molecular weight is 434 g/mol. The molecule has 7 heteroatoms. The highest BCUT2D eigenvalue weighted by atomic mass is 16.5. The topological polar surface area (TPSA) is 93.5 Å². The molecule has 0 saturated heterocycles. The normalized spacial score (nSPS) is 13.3. The second-order valence-electron chi connectivity index (χ2n) is 8.05. The number of nitrogens with one attached hydrogen (secondary N) is 1. The molecule has 7 nitrogen and oxygen atoms in total. The van der Waals surface area contributed by atoms with Crippen molar-refractivity contribution < 1.29 is 19.4 Å². The van der Waals surface area contributed by atoms with Gasteiger partial charge in [-0.25, -0.2) is 9.59 Å². The van der Waals surface area contributed by atoms with Crippen molar-refractivity contribution in [3.05, 3.63) is 76.6 Å². The molecule has 1 aliphatic rings. The third kappa shape index (κ3) is 3.98. The van der Waals surface area contributed by atoms with Gasteiger partial charge in [0.25, 0.3) is 0 Å². The number of carbonyl (C=O) groups excluding carboxylic acids is 1. The fourth-order valence-electron chi connectivity index (χ4n) is 4.56. The van der Waals surface area contributed by atoms with Gasteiger partial charge in [-0.1, -0.05) is 55.5 Å². The standard InChI is InChI=1S/C25H27N3O4/c1-4-17-15(2)27-28(16(17)3)13-23(24(29)30)26-25(31)32-14-22-20-11-7-5-9-18(20)19-10-6-8-12-21(19)22/h5-12,22-23H,4,13-14H2,1-3H3,(H,26,31)(H,29,30). The van der Waals surface area contributed by atoms with E-state index < -0.39 is 18.1 Å². The zero-order valence-electron chi connectivity index (χ0n) is 18.5. The van der Waals surface area contributed by atoms with Crippen molar-refractivity contribution in [1.29, 1.82) is 0 Å². The monoisotopic (exact) mass is 433 g/mol. The van der Waals surface area contributed by atoms with Gasteiger partial charge < -0.3 is 15.2 Å². The van der Waals surface area contributed by atoms with E-state index in [1.54, 1.807) is 4.68 Å². The highest BCUT2D eigenvalue weighted by molar-refractivity contribution is 5.81. The minimum atomic E-state index is -1.15. The largest absolute Gasteiger partial charge is 0.480 e. The maximum absolute atomic E-state index is 12.5. The molecule has 0 fully saturated rings. The highest BCUT2D eigenvalue weighted by Gasteiger charge is 2.30. The molecule has 1 aromatic heterocycles. The zero-order valence-corrected chi connectivity index (χ0v) is 18.5. The third-order valence-electron chi connectivity index (χ3n) is 6.17. The average Bonchev–Trinajstić information content (AvgIpc) is 3.25. The lowest BCUT2D eigenvalue weighted by Gasteiger charge is -2.18. The Kier molecular flexibility index (Phi) is 5.99. The van der Waals surface area contributed by atoms with Crippen LogP contribution in [-0.4, -0.2) is 39.6 Å². The van der Waals surface area contributed by atoms with Gasteiger partial charge in [0.1, 0.15) is 12.6 Å². The molecule has 4 rings (SSSR count). The van der Waals surface area contributed by atoms with Crippen molar-refractivity contribution in [2.24, 2.45) is 0 Å². The second-order valence-corrected chi connectivity index (χ2v) is 8.05. The van der Waals surface area contributed by atoms with E-state index in [2.05, 4.69) is 22.5 Å². The van der Waals surface area contributed by atoms with Gasteiger partial charge >= 0.3 is 12.1 Å². The molecule has 1 unspecified atom stereocenters. The van der Waals surface area contributed by atoms with Gasteiger partial charge in [-0.3, -0.25) is 4.68 Å². The Bertz CT molecular complexity index is 1120. The smallest absolute Gasteiger partial charge is 0.407 e. The number of hydrogen-bond acceptors (Lipinski definition) is 4. The van der Waals surface area contributed by atoms with Crippen molar-refractivity contribution >= 4 is 12.1 Å². The van der Waals surface area contributed by atoms with E-state index in [4.69, 9.17) is 4.74 Å². The predicted octanol–water partition coefficient (Wildman–Crippen LogP) is 4.05. The molecule has 3 aromatic rings. The first kappa shape index (κ1) is 21.6. The first-order chi connectivity index (χ1) is 15.4. The number of carbonyl (C=O) groups is 2. The van der Waals surface area contributed by atoms with Crippen LogP contribution in [0.3, 0.4) is 0 Å². The van der Waals surface area contributed by atoms with Crippen LogP contribution >= 0.6 is 0 Å². The Balaban J connectivity index is 1.44. The number of alkyl carbamates (subject to hydrolysis) is 1. The first-order valence-electron chi connectivity index (χ1n) is 10.8. The van der Waals surface area contributed by atoms with E-state index in [1.807, 2.05) is 57.2 Å². The third-order valence-corrected chi connectivity index (χ3v) is 6.17. The van der Waals surface area contributed by atoms with Crippen LogP contribution in [0.25, 0.3) is 11.1 Å². The lowest BCUT2D eigenvalue weighted by molar-refractivity contribution is -0.139. The number of nitrogens with zero attached hydrogens (tertiary/aromatic N) is 2. The predicted molar refractivity (Wildman–Crippen MR) is 121 cm³/mol. The molecule has 1 amide bonds. The van der Waals surface area contributed by atoms with Crippen LogP contribution < -0.4 is 5.32 Å². The number of benzene rings is 2. The van der Waals surface area contributed by atoms with Gasteiger partial charge in [0.2, 0.25) is 0 Å². The summed E-state index contributed by atoms with van der Waals surface area (Å²) in [6, 6.07) is 15.0. The number of aliphatic carboxylic acids is 1. The summed E-state index contributed by atoms with van der Waals surface area (Å²) in [5.74, 6) is -1.22. The number of hydrogen-bond donors (Lipinski definition) is 2. The first-order valence-corrected chi connectivity index (χ1v) is 10.8. The minimum Gasteiger partial charge on any atom is -0.480 e. The molecule has 0 bridgehead atoms. The molecule has 2 N–H and O–H groups in total. The zero-order chi connectivity index (χ0) is 22.8. The highest BCUT2D eigenvalue weighted by Crippen LogP contribution is 2.44. The molecular formula is C25H27N3O4. The molecule has 1 atom stereocenters. The van der Waals surface area contributed by atoms with Crippen molar-refractivity contribution in [2.45, 2.75) is 45.7 Å². The van der Waals surface area contributed by atoms with Crippen molar-refractivity contribution in [3.63, 3.8) is 0 Å². The van der Waals surface area contributed by atoms with Crippen LogP contribution in [0, 0.1) is 13.8 Å². The van der Waals surface area contributed by atoms with Crippen molar-refractivity contribution in [2.75, 3.05) is 6.61 Å². The van der Waals surface area contributed by atoms with E-state index in [0.29, 0.717) is 0 Å². The molecule has 1 heterocycles. The fraction of sp³-hybridized carbons (Fsp3) is 0.320. The number of carboxylic acid groups (broad SMARTS) is 1. The van der Waals surface area contributed by atoms with Crippen molar-refractivity contribution in [3.8, 4) is 11.1 Å². The van der Waals surface area contributed by atoms with Gasteiger partial charge in [0.05, 0.1) is 12.2 Å². The maximum atomic E-state index is 12.5. The van der Waals surface area contributed by atoms with Gasteiger partial charge in [0.15, 0.2) is 0 Å². The fourth-order valence-corrected chi connectivity index (χ4v) is 4.56. The van der Waals surface area contributed by atoms with Crippen LogP contribution in [0.1, 0.15) is 40.9 Å². The summed E-state index contributed by atoms with van der Waals surface area (Å²) in [5.41, 5.74) is 7.35. The number of amides is 1. The molecule has 1 aliphatic carbocycles. The Morgan fingerprint density at radius 2 is 1.69 bits per heavy atom. The van der Waals surface area contributed by atoms with Crippen LogP contribution in [0.4, 0.5) is 4.79 Å². The number of fused-ring (bicyclic) bond motifs is 3. The van der Waals surface area contributed by atoms with E-state index in [9.17, 15) is 14.7 Å². The minimum absolute atomic E-state index is 0.0339. The number of carboxylic acids is 1. The lowest BCUT2D eigenvalue weighted by Crippen LogP contribution is -2.44. The maximum Gasteiger partial charge on any atom is 0.407 e. The van der Waals surface area contributed by atoms with Crippen molar-refractivity contribution in [1.82, 2.24) is 15.1 Å². The number of aromatic nitrogens is 2. The Hall–Kier alpha value is -3.61. The quantitative estimate of drug-likeness (QED) is 0.586. The van der Waals surface area contributed by atoms with Crippen LogP contribution in [-0.2, 0) is 22.5 Å². The number of ether oxygens (including phenoxy) is 1. The van der Waals surface area contributed by atoms with Crippen LogP contribution in [0.15, 0.2) is 48.5 Å². The summed E-state index contributed by atoms with van der Waals surface area (Å²) in [6.45, 7) is 6.01. The van der Waals surface area contributed by atoms with Gasteiger partial charge in [-0.2, -0.15) is 5.10 Å². The van der Waals surface area contributed by atoms with Gasteiger partial charge in [0, 0.05) is 11.6 Å². The molecule has 166 valence electrons. The summed E-state index contributed by atoms with van der Waals surface area (Å²) in [4.78, 5) is 24.3. The molecule has 0 saturated carbocycles. The SMILES string of the molecule is CCc1c(C)nn(CC(NC(=O)OCC2c3ccccc3-c3ccccc32)C(=O)O)c1C. The summed E-state index contributed by atoms with van der Waals surface area (Å²) in [7, 11) is 0. The van der Waals surface area contributed by atoms with E-state index in [0.717, 1.165) is 45.6 Å². The van der Waals surface area contributed by atoms with Gasteiger partial charge in [-0.15, -0.1) is 0 Å². The number of rotatable bonds is 7. The summed E-state index contributed by atoms with van der Waals surface area (Å²) >= 11 is 0. The summed E-state index contributed by atoms with van der Waals surface area (Å²) < 4.78 is 7.13. The number of aryl methyl sites for hydroxylation is 1. The molecular weight excluding hydrogens is 406 g/mol. The van der Waals surface area contributed by atoms with Gasteiger partial charge in [-0.05, 0) is 48.1 Å². The summed E-state index contributed by atoms with van der Waals surface area (Å²) in [6.07, 6.45) is 0.0615. The molecule has 0 radical (unpaired) electrons.